The van der Waals surface area contributed by atoms with Crippen LogP contribution in [0.15, 0.2) is 36.5 Å². The molecule has 2 fully saturated rings. The minimum Gasteiger partial charge on any atom is -0.378 e. The first kappa shape index (κ1) is 18.4. The fraction of sp³-hybridized carbons (Fsp3) is 0.381. The second kappa shape index (κ2) is 7.98. The quantitative estimate of drug-likeness (QED) is 0.833. The molecule has 0 bridgehead atoms. The van der Waals surface area contributed by atoms with Gasteiger partial charge in [-0.25, -0.2) is 4.98 Å². The van der Waals surface area contributed by atoms with E-state index in [0.717, 1.165) is 11.4 Å². The summed E-state index contributed by atoms with van der Waals surface area (Å²) < 4.78 is 5.31. The zero-order valence-corrected chi connectivity index (χ0v) is 15.9. The van der Waals surface area contributed by atoms with E-state index < -0.39 is 0 Å². The van der Waals surface area contributed by atoms with Gasteiger partial charge in [-0.05, 0) is 49.6 Å². The number of anilines is 2. The predicted molar refractivity (Wildman–Crippen MR) is 107 cm³/mol. The molecule has 2 amide bonds. The number of aromatic nitrogens is 1. The number of nitrogens with zero attached hydrogens (tertiary/aromatic N) is 2. The summed E-state index contributed by atoms with van der Waals surface area (Å²) in [6.45, 7) is 4.18. The Kier molecular flexibility index (Phi) is 5.25. The molecule has 2 aromatic rings. The summed E-state index contributed by atoms with van der Waals surface area (Å²) in [6.07, 6.45) is 3.90. The van der Waals surface area contributed by atoms with Crippen LogP contribution in [0, 0.1) is 6.92 Å². The Bertz CT molecular complexity index is 872. The summed E-state index contributed by atoms with van der Waals surface area (Å²) in [4.78, 5) is 31.4. The highest BCUT2D eigenvalue weighted by molar-refractivity contribution is 6.05. The molecule has 2 aliphatic rings. The van der Waals surface area contributed by atoms with Crippen LogP contribution < -0.4 is 10.6 Å². The van der Waals surface area contributed by atoms with Gasteiger partial charge in [0.1, 0.15) is 5.82 Å². The lowest BCUT2D eigenvalue weighted by Crippen LogP contribution is -2.41. The van der Waals surface area contributed by atoms with Crippen molar-refractivity contribution in [1.29, 1.82) is 0 Å². The monoisotopic (exact) mass is 380 g/mol. The van der Waals surface area contributed by atoms with Crippen LogP contribution in [-0.4, -0.2) is 54.0 Å². The zero-order valence-electron chi connectivity index (χ0n) is 15.9. The van der Waals surface area contributed by atoms with Gasteiger partial charge in [-0.2, -0.15) is 0 Å². The van der Waals surface area contributed by atoms with Gasteiger partial charge in [-0.1, -0.05) is 6.07 Å². The highest BCUT2D eigenvalue weighted by Gasteiger charge is 2.22. The second-order valence-corrected chi connectivity index (χ2v) is 7.24. The number of rotatable bonds is 5. The predicted octanol–water partition coefficient (Wildman–Crippen LogP) is 2.69. The molecule has 146 valence electrons. The Balaban J connectivity index is 1.45. The SMILES string of the molecule is Cc1ccc(NC(=O)c2ccc(NC3CC3)nc2)cc1C(=O)N1CCOCC1. The Labute approximate surface area is 164 Å². The van der Waals surface area contributed by atoms with Gasteiger partial charge < -0.3 is 20.3 Å². The Morgan fingerprint density at radius 1 is 1.14 bits per heavy atom. The van der Waals surface area contributed by atoms with Crippen LogP contribution in [0.1, 0.15) is 39.1 Å². The molecule has 7 nitrogen and oxygen atoms in total. The van der Waals surface area contributed by atoms with E-state index in [0.29, 0.717) is 49.2 Å². The number of carbonyl (C=O) groups excluding carboxylic acids is 2. The number of carbonyl (C=O) groups is 2. The van der Waals surface area contributed by atoms with Crippen molar-refractivity contribution < 1.29 is 14.3 Å². The summed E-state index contributed by atoms with van der Waals surface area (Å²) in [5.74, 6) is 0.501. The maximum atomic E-state index is 12.8. The molecule has 0 atom stereocenters. The number of amides is 2. The molecule has 0 spiro atoms. The van der Waals surface area contributed by atoms with E-state index in [4.69, 9.17) is 4.74 Å². The van der Waals surface area contributed by atoms with Gasteiger partial charge in [0.25, 0.3) is 11.8 Å². The van der Waals surface area contributed by atoms with E-state index in [2.05, 4.69) is 15.6 Å². The van der Waals surface area contributed by atoms with Gasteiger partial charge in [-0.15, -0.1) is 0 Å². The molecule has 1 aromatic heterocycles. The number of hydrogen-bond acceptors (Lipinski definition) is 5. The lowest BCUT2D eigenvalue weighted by Gasteiger charge is -2.27. The van der Waals surface area contributed by atoms with Crippen molar-refractivity contribution in [3.8, 4) is 0 Å². The Morgan fingerprint density at radius 2 is 1.93 bits per heavy atom. The summed E-state index contributed by atoms with van der Waals surface area (Å²) in [6, 6.07) is 9.48. The zero-order chi connectivity index (χ0) is 19.5. The third kappa shape index (κ3) is 4.31. The van der Waals surface area contributed by atoms with Crippen molar-refractivity contribution in [2.45, 2.75) is 25.8 Å². The van der Waals surface area contributed by atoms with Crippen LogP contribution in [0.4, 0.5) is 11.5 Å². The molecule has 1 saturated carbocycles. The maximum Gasteiger partial charge on any atom is 0.257 e. The van der Waals surface area contributed by atoms with Crippen molar-refractivity contribution in [3.63, 3.8) is 0 Å². The lowest BCUT2D eigenvalue weighted by molar-refractivity contribution is 0.0302. The third-order valence-electron chi connectivity index (χ3n) is 4.98. The Morgan fingerprint density at radius 3 is 2.61 bits per heavy atom. The van der Waals surface area contributed by atoms with Gasteiger partial charge in [0.2, 0.25) is 0 Å². The topological polar surface area (TPSA) is 83.6 Å². The standard InChI is InChI=1S/C21H24N4O3/c1-14-2-4-17(12-18(14)21(27)25-8-10-28-11-9-25)24-20(26)15-3-7-19(22-13-15)23-16-5-6-16/h2-4,7,12-13,16H,5-6,8-11H2,1H3,(H,22,23)(H,24,26). The van der Waals surface area contributed by atoms with Crippen molar-refractivity contribution in [2.75, 3.05) is 36.9 Å². The van der Waals surface area contributed by atoms with E-state index in [9.17, 15) is 9.59 Å². The third-order valence-corrected chi connectivity index (χ3v) is 4.98. The largest absolute Gasteiger partial charge is 0.378 e. The van der Waals surface area contributed by atoms with Gasteiger partial charge in [-0.3, -0.25) is 9.59 Å². The van der Waals surface area contributed by atoms with Crippen LogP contribution in [0.2, 0.25) is 0 Å². The summed E-state index contributed by atoms with van der Waals surface area (Å²) in [7, 11) is 0. The molecule has 2 heterocycles. The Hall–Kier alpha value is -2.93. The molecule has 2 N–H and O–H groups in total. The normalized spacial score (nSPS) is 16.5. The van der Waals surface area contributed by atoms with Crippen molar-refractivity contribution >= 4 is 23.3 Å². The van der Waals surface area contributed by atoms with Crippen LogP contribution in [-0.2, 0) is 4.74 Å². The van der Waals surface area contributed by atoms with Gasteiger partial charge >= 0.3 is 0 Å². The molecule has 7 heteroatoms. The highest BCUT2D eigenvalue weighted by atomic mass is 16.5. The molecule has 1 saturated heterocycles. The summed E-state index contributed by atoms with van der Waals surface area (Å²) in [5, 5.41) is 6.16. The summed E-state index contributed by atoms with van der Waals surface area (Å²) >= 11 is 0. The van der Waals surface area contributed by atoms with E-state index in [1.54, 1.807) is 29.3 Å². The van der Waals surface area contributed by atoms with E-state index in [1.807, 2.05) is 19.1 Å². The van der Waals surface area contributed by atoms with Crippen molar-refractivity contribution in [2.24, 2.45) is 0 Å². The molecule has 1 aliphatic carbocycles. The smallest absolute Gasteiger partial charge is 0.257 e. The van der Waals surface area contributed by atoms with Crippen LogP contribution in [0.5, 0.6) is 0 Å². The second-order valence-electron chi connectivity index (χ2n) is 7.24. The number of pyridine rings is 1. The minimum absolute atomic E-state index is 0.0333. The number of nitrogens with one attached hydrogen (secondary N) is 2. The fourth-order valence-corrected chi connectivity index (χ4v) is 3.12. The van der Waals surface area contributed by atoms with Crippen molar-refractivity contribution in [3.05, 3.63) is 53.2 Å². The first-order valence-corrected chi connectivity index (χ1v) is 9.62. The number of aryl methyl sites for hydroxylation is 1. The molecular formula is C21H24N4O3. The van der Waals surface area contributed by atoms with Gasteiger partial charge in [0.05, 0.1) is 18.8 Å². The number of morpholine rings is 1. The van der Waals surface area contributed by atoms with Gasteiger partial charge in [0, 0.05) is 36.6 Å². The molecule has 0 unspecified atom stereocenters. The van der Waals surface area contributed by atoms with Crippen LogP contribution in [0.25, 0.3) is 0 Å². The average molecular weight is 380 g/mol. The fourth-order valence-electron chi connectivity index (χ4n) is 3.12. The molecule has 1 aliphatic heterocycles. The van der Waals surface area contributed by atoms with E-state index >= 15 is 0 Å². The lowest BCUT2D eigenvalue weighted by atomic mass is 10.1. The van der Waals surface area contributed by atoms with Gasteiger partial charge in [0.15, 0.2) is 0 Å². The van der Waals surface area contributed by atoms with Crippen LogP contribution in [0.3, 0.4) is 0 Å². The first-order valence-electron chi connectivity index (χ1n) is 9.62. The first-order chi connectivity index (χ1) is 13.6. The molecule has 4 rings (SSSR count). The minimum atomic E-state index is -0.251. The molecule has 28 heavy (non-hydrogen) atoms. The van der Waals surface area contributed by atoms with Crippen LogP contribution >= 0.6 is 0 Å². The number of hydrogen-bond donors (Lipinski definition) is 2. The molecule has 0 radical (unpaired) electrons. The molecular weight excluding hydrogens is 356 g/mol. The average Bonchev–Trinajstić information content (AvgIpc) is 3.54. The number of ether oxygens (including phenoxy) is 1. The number of benzene rings is 1. The van der Waals surface area contributed by atoms with Crippen molar-refractivity contribution in [1.82, 2.24) is 9.88 Å². The highest BCUT2D eigenvalue weighted by Crippen LogP contribution is 2.24. The summed E-state index contributed by atoms with van der Waals surface area (Å²) in [5.41, 5.74) is 2.55. The molecule has 1 aromatic carbocycles. The maximum absolute atomic E-state index is 12.8. The van der Waals surface area contributed by atoms with E-state index in [-0.39, 0.29) is 11.8 Å². The van der Waals surface area contributed by atoms with E-state index in [1.165, 1.54) is 12.8 Å².